The molecule has 1 aromatic heterocycles. The molecule has 32 heavy (non-hydrogen) atoms. The molecule has 0 radical (unpaired) electrons. The van der Waals surface area contributed by atoms with E-state index in [-0.39, 0.29) is 17.7 Å². The Kier molecular flexibility index (Phi) is 5.52. The topological polar surface area (TPSA) is 69.3 Å². The summed E-state index contributed by atoms with van der Waals surface area (Å²) >= 11 is 0. The highest BCUT2D eigenvalue weighted by atomic mass is 16.2. The van der Waals surface area contributed by atoms with Gasteiger partial charge < -0.3 is 9.80 Å². The molecule has 6 nitrogen and oxygen atoms in total. The summed E-state index contributed by atoms with van der Waals surface area (Å²) < 4.78 is 0. The second-order valence-electron chi connectivity index (χ2n) is 8.80. The molecule has 2 aliphatic heterocycles. The third-order valence-electron chi connectivity index (χ3n) is 6.70. The number of hydrogen-bond acceptors (Lipinski definition) is 3. The van der Waals surface area contributed by atoms with Crippen molar-refractivity contribution in [2.75, 3.05) is 24.5 Å². The first-order chi connectivity index (χ1) is 15.6. The number of piperidine rings is 1. The van der Waals surface area contributed by atoms with E-state index in [0.717, 1.165) is 49.3 Å². The van der Waals surface area contributed by atoms with Gasteiger partial charge in [0.1, 0.15) is 0 Å². The average molecular weight is 429 g/mol. The maximum Gasteiger partial charge on any atom is 0.253 e. The summed E-state index contributed by atoms with van der Waals surface area (Å²) in [6.07, 6.45) is 5.33. The van der Waals surface area contributed by atoms with Crippen LogP contribution in [0.4, 0.5) is 5.69 Å². The number of aromatic amines is 1. The molecule has 3 aromatic rings. The maximum atomic E-state index is 13.4. The Bertz CT molecular complexity index is 1150. The molecule has 2 saturated heterocycles. The number of benzene rings is 2. The van der Waals surface area contributed by atoms with Crippen molar-refractivity contribution < 1.29 is 9.59 Å². The molecule has 0 saturated carbocycles. The fourth-order valence-electron chi connectivity index (χ4n) is 5.00. The lowest BCUT2D eigenvalue weighted by Gasteiger charge is -2.33. The second kappa shape index (κ2) is 8.61. The van der Waals surface area contributed by atoms with E-state index in [9.17, 15) is 9.59 Å². The minimum Gasteiger partial charge on any atom is -0.338 e. The van der Waals surface area contributed by atoms with Crippen LogP contribution in [0, 0.1) is 6.92 Å². The van der Waals surface area contributed by atoms with Gasteiger partial charge in [-0.2, -0.15) is 5.10 Å². The monoisotopic (exact) mass is 428 g/mol. The summed E-state index contributed by atoms with van der Waals surface area (Å²) in [5.41, 5.74) is 6.09. The van der Waals surface area contributed by atoms with E-state index < -0.39 is 0 Å². The van der Waals surface area contributed by atoms with Gasteiger partial charge in [0.15, 0.2) is 0 Å². The standard InChI is InChI=1S/C26H28N4O2/c1-18-7-2-3-11-22(18)23-16-27-28-25(23)20-9-5-13-29(17-20)26(32)19-8-4-10-21(15-19)30-14-6-12-24(30)31/h2-4,7-8,10-11,15-16,20H,5-6,9,12-14,17H2,1H3,(H,27,28). The van der Waals surface area contributed by atoms with Crippen molar-refractivity contribution in [1.82, 2.24) is 15.1 Å². The number of rotatable bonds is 4. The van der Waals surface area contributed by atoms with Crippen LogP contribution >= 0.6 is 0 Å². The zero-order valence-corrected chi connectivity index (χ0v) is 18.4. The van der Waals surface area contributed by atoms with Crippen molar-refractivity contribution in [3.8, 4) is 11.1 Å². The molecular weight excluding hydrogens is 400 g/mol. The fraction of sp³-hybridized carbons (Fsp3) is 0.346. The number of nitrogens with one attached hydrogen (secondary N) is 1. The van der Waals surface area contributed by atoms with Gasteiger partial charge in [-0.05, 0) is 55.5 Å². The Balaban J connectivity index is 1.37. The van der Waals surface area contributed by atoms with Crippen LogP contribution in [0.25, 0.3) is 11.1 Å². The summed E-state index contributed by atoms with van der Waals surface area (Å²) in [6.45, 7) is 4.24. The number of likely N-dealkylation sites (tertiary alicyclic amines) is 1. The molecule has 1 N–H and O–H groups in total. The van der Waals surface area contributed by atoms with Crippen LogP contribution in [0.2, 0.25) is 0 Å². The number of amides is 2. The highest BCUT2D eigenvalue weighted by Crippen LogP contribution is 2.35. The predicted octanol–water partition coefficient (Wildman–Crippen LogP) is 4.53. The van der Waals surface area contributed by atoms with Crippen molar-refractivity contribution in [2.45, 2.75) is 38.5 Å². The molecule has 3 heterocycles. The lowest BCUT2D eigenvalue weighted by Crippen LogP contribution is -2.39. The molecule has 2 amide bonds. The number of H-pyrrole nitrogens is 1. The van der Waals surface area contributed by atoms with Crippen LogP contribution in [0.15, 0.2) is 54.7 Å². The summed E-state index contributed by atoms with van der Waals surface area (Å²) in [5.74, 6) is 0.379. The molecule has 1 unspecified atom stereocenters. The maximum absolute atomic E-state index is 13.4. The molecule has 5 rings (SSSR count). The molecular formula is C26H28N4O2. The van der Waals surface area contributed by atoms with E-state index in [4.69, 9.17) is 0 Å². The first-order valence-electron chi connectivity index (χ1n) is 11.4. The van der Waals surface area contributed by atoms with Gasteiger partial charge in [0, 0.05) is 54.5 Å². The average Bonchev–Trinajstić information content (AvgIpc) is 3.48. The third-order valence-corrected chi connectivity index (χ3v) is 6.70. The van der Waals surface area contributed by atoms with Gasteiger partial charge in [-0.1, -0.05) is 30.3 Å². The smallest absolute Gasteiger partial charge is 0.253 e. The molecule has 0 bridgehead atoms. The Morgan fingerprint density at radius 3 is 2.75 bits per heavy atom. The summed E-state index contributed by atoms with van der Waals surface area (Å²) in [7, 11) is 0. The molecule has 2 aliphatic rings. The number of carbonyl (C=O) groups is 2. The number of aromatic nitrogens is 2. The van der Waals surface area contributed by atoms with Crippen LogP contribution in [-0.2, 0) is 4.79 Å². The van der Waals surface area contributed by atoms with E-state index >= 15 is 0 Å². The first kappa shape index (κ1) is 20.5. The van der Waals surface area contributed by atoms with Crippen LogP contribution in [0.5, 0.6) is 0 Å². The predicted molar refractivity (Wildman–Crippen MR) is 125 cm³/mol. The molecule has 2 fully saturated rings. The van der Waals surface area contributed by atoms with E-state index in [1.807, 2.05) is 47.5 Å². The van der Waals surface area contributed by atoms with Gasteiger partial charge in [0.2, 0.25) is 5.91 Å². The third kappa shape index (κ3) is 3.81. The number of hydrogen-bond donors (Lipinski definition) is 1. The fourth-order valence-corrected chi connectivity index (χ4v) is 5.00. The van der Waals surface area contributed by atoms with Crippen molar-refractivity contribution in [2.24, 2.45) is 0 Å². The lowest BCUT2D eigenvalue weighted by atomic mass is 9.89. The summed E-state index contributed by atoms with van der Waals surface area (Å²) in [5, 5.41) is 7.56. The second-order valence-corrected chi connectivity index (χ2v) is 8.80. The molecule has 164 valence electrons. The zero-order chi connectivity index (χ0) is 22.1. The minimum absolute atomic E-state index is 0.0279. The highest BCUT2D eigenvalue weighted by molar-refractivity contribution is 5.99. The summed E-state index contributed by atoms with van der Waals surface area (Å²) in [6, 6.07) is 15.8. The Hall–Kier alpha value is -3.41. The van der Waals surface area contributed by atoms with Crippen molar-refractivity contribution >= 4 is 17.5 Å². The quantitative estimate of drug-likeness (QED) is 0.664. The van der Waals surface area contributed by atoms with Crippen LogP contribution in [-0.4, -0.2) is 46.5 Å². The van der Waals surface area contributed by atoms with Crippen molar-refractivity contribution in [3.05, 3.63) is 71.5 Å². The Labute approximate surface area is 188 Å². The van der Waals surface area contributed by atoms with E-state index in [2.05, 4.69) is 29.3 Å². The summed E-state index contributed by atoms with van der Waals surface area (Å²) in [4.78, 5) is 29.2. The largest absolute Gasteiger partial charge is 0.338 e. The SMILES string of the molecule is Cc1ccccc1-c1cn[nH]c1C1CCCN(C(=O)c2cccc(N3CCCC3=O)c2)C1. The van der Waals surface area contributed by atoms with Gasteiger partial charge in [-0.25, -0.2) is 0 Å². The van der Waals surface area contributed by atoms with E-state index in [0.29, 0.717) is 18.5 Å². The van der Waals surface area contributed by atoms with Gasteiger partial charge >= 0.3 is 0 Å². The van der Waals surface area contributed by atoms with Crippen molar-refractivity contribution in [3.63, 3.8) is 0 Å². The number of anilines is 1. The lowest BCUT2D eigenvalue weighted by molar-refractivity contribution is -0.117. The van der Waals surface area contributed by atoms with E-state index in [1.54, 1.807) is 4.90 Å². The number of carbonyl (C=O) groups excluding carboxylic acids is 2. The first-order valence-corrected chi connectivity index (χ1v) is 11.4. The van der Waals surface area contributed by atoms with E-state index in [1.165, 1.54) is 11.1 Å². The zero-order valence-electron chi connectivity index (χ0n) is 18.4. The molecule has 2 aromatic carbocycles. The molecule has 6 heteroatoms. The number of aryl methyl sites for hydroxylation is 1. The molecule has 0 aliphatic carbocycles. The van der Waals surface area contributed by atoms with Gasteiger partial charge in [0.05, 0.1) is 6.20 Å². The normalized spacial score (nSPS) is 18.9. The van der Waals surface area contributed by atoms with Crippen LogP contribution in [0.3, 0.4) is 0 Å². The van der Waals surface area contributed by atoms with Crippen LogP contribution in [0.1, 0.15) is 53.2 Å². The molecule has 1 atom stereocenters. The van der Waals surface area contributed by atoms with Gasteiger partial charge in [0.25, 0.3) is 5.91 Å². The molecule has 0 spiro atoms. The highest BCUT2D eigenvalue weighted by Gasteiger charge is 2.29. The van der Waals surface area contributed by atoms with Gasteiger partial charge in [-0.3, -0.25) is 14.7 Å². The Morgan fingerprint density at radius 1 is 1.06 bits per heavy atom. The number of nitrogens with zero attached hydrogens (tertiary/aromatic N) is 3. The van der Waals surface area contributed by atoms with Crippen LogP contribution < -0.4 is 4.90 Å². The van der Waals surface area contributed by atoms with Crippen molar-refractivity contribution in [1.29, 1.82) is 0 Å². The minimum atomic E-state index is 0.0279. The van der Waals surface area contributed by atoms with Gasteiger partial charge in [-0.15, -0.1) is 0 Å². The Morgan fingerprint density at radius 2 is 1.94 bits per heavy atom.